The third-order valence-electron chi connectivity index (χ3n) is 3.77. The topological polar surface area (TPSA) is 72.7 Å². The Morgan fingerprint density at radius 2 is 2.24 bits per heavy atom. The van der Waals surface area contributed by atoms with Gasteiger partial charge < -0.3 is 9.64 Å². The van der Waals surface area contributed by atoms with Crippen LogP contribution in [0.1, 0.15) is 31.7 Å². The number of ether oxygens (including phenoxy) is 1. The number of anilines is 1. The van der Waals surface area contributed by atoms with Gasteiger partial charge in [0.2, 0.25) is 0 Å². The average Bonchev–Trinajstić information content (AvgIpc) is 2.47. The first kappa shape index (κ1) is 15.3. The summed E-state index contributed by atoms with van der Waals surface area (Å²) in [5.41, 5.74) is 1.72. The predicted octanol–water partition coefficient (Wildman–Crippen LogP) is 2.83. The highest BCUT2D eigenvalue weighted by Gasteiger charge is 2.31. The first-order valence-electron chi connectivity index (χ1n) is 7.23. The van der Waals surface area contributed by atoms with E-state index in [9.17, 15) is 14.9 Å². The van der Waals surface area contributed by atoms with E-state index in [0.29, 0.717) is 13.2 Å². The van der Waals surface area contributed by atoms with Crippen molar-refractivity contribution in [2.75, 3.05) is 18.1 Å². The molecule has 1 heterocycles. The maximum absolute atomic E-state index is 12.1. The minimum Gasteiger partial charge on any atom is -0.464 e. The predicted molar refractivity (Wildman–Crippen MR) is 79.5 cm³/mol. The average molecular weight is 292 g/mol. The maximum Gasteiger partial charge on any atom is 0.328 e. The fraction of sp³-hybridized carbons (Fsp3) is 0.533. The summed E-state index contributed by atoms with van der Waals surface area (Å²) in [5.74, 6) is -0.247. The van der Waals surface area contributed by atoms with Crippen molar-refractivity contribution >= 4 is 17.3 Å². The van der Waals surface area contributed by atoms with Gasteiger partial charge in [-0.15, -0.1) is 0 Å². The number of carbonyl (C=O) groups is 1. The Morgan fingerprint density at radius 1 is 1.48 bits per heavy atom. The lowest BCUT2D eigenvalue weighted by atomic mass is 9.99. The molecule has 0 spiro atoms. The highest BCUT2D eigenvalue weighted by Crippen LogP contribution is 2.31. The minimum atomic E-state index is -0.410. The molecule has 1 aromatic rings. The van der Waals surface area contributed by atoms with E-state index in [4.69, 9.17) is 4.74 Å². The summed E-state index contributed by atoms with van der Waals surface area (Å²) in [7, 11) is 0. The van der Waals surface area contributed by atoms with Gasteiger partial charge in [-0.2, -0.15) is 0 Å². The number of nitro benzene ring substituents is 1. The Bertz CT molecular complexity index is 544. The number of aryl methyl sites for hydroxylation is 1. The molecule has 0 radical (unpaired) electrons. The van der Waals surface area contributed by atoms with Crippen molar-refractivity contribution in [3.05, 3.63) is 33.9 Å². The van der Waals surface area contributed by atoms with Crippen LogP contribution in [0, 0.1) is 17.0 Å². The van der Waals surface area contributed by atoms with Crippen LogP contribution in [-0.4, -0.2) is 30.1 Å². The normalized spacial score (nSPS) is 18.4. The van der Waals surface area contributed by atoms with Crippen molar-refractivity contribution in [3.63, 3.8) is 0 Å². The van der Waals surface area contributed by atoms with E-state index in [2.05, 4.69) is 0 Å². The lowest BCUT2D eigenvalue weighted by Gasteiger charge is -2.36. The number of benzene rings is 1. The molecule has 1 atom stereocenters. The van der Waals surface area contributed by atoms with Gasteiger partial charge in [0, 0.05) is 24.4 Å². The summed E-state index contributed by atoms with van der Waals surface area (Å²) in [4.78, 5) is 24.6. The van der Waals surface area contributed by atoms with Crippen LogP contribution in [0.15, 0.2) is 18.2 Å². The Hall–Kier alpha value is -2.11. The smallest absolute Gasteiger partial charge is 0.328 e. The number of nitrogens with zero attached hydrogens (tertiary/aromatic N) is 2. The third-order valence-corrected chi connectivity index (χ3v) is 3.77. The number of nitro groups is 1. The summed E-state index contributed by atoms with van der Waals surface area (Å²) in [6.45, 7) is 4.74. The second kappa shape index (κ2) is 6.56. The van der Waals surface area contributed by atoms with Crippen molar-refractivity contribution in [1.82, 2.24) is 0 Å². The van der Waals surface area contributed by atoms with E-state index in [1.807, 2.05) is 11.8 Å². The van der Waals surface area contributed by atoms with Crippen LogP contribution in [0.4, 0.5) is 11.4 Å². The molecule has 2 rings (SSSR count). The Labute approximate surface area is 123 Å². The van der Waals surface area contributed by atoms with E-state index in [0.717, 1.165) is 30.5 Å². The van der Waals surface area contributed by atoms with Gasteiger partial charge in [0.1, 0.15) is 6.04 Å². The van der Waals surface area contributed by atoms with Gasteiger partial charge in [-0.3, -0.25) is 10.1 Å². The maximum atomic E-state index is 12.1. The van der Waals surface area contributed by atoms with Crippen LogP contribution >= 0.6 is 0 Å². The molecular weight excluding hydrogens is 272 g/mol. The number of non-ortho nitro benzene ring substituents is 1. The van der Waals surface area contributed by atoms with Crippen molar-refractivity contribution < 1.29 is 14.5 Å². The quantitative estimate of drug-likeness (QED) is 0.484. The SMILES string of the molecule is CCOC(=O)C1CCCCN1c1cc([N+](=O)[O-])ccc1C. The largest absolute Gasteiger partial charge is 0.464 e. The van der Waals surface area contributed by atoms with E-state index in [1.165, 1.54) is 6.07 Å². The van der Waals surface area contributed by atoms with Crippen LogP contribution < -0.4 is 4.90 Å². The summed E-state index contributed by atoms with van der Waals surface area (Å²) in [6, 6.07) is 4.42. The van der Waals surface area contributed by atoms with Crippen LogP contribution in [0.2, 0.25) is 0 Å². The number of carbonyl (C=O) groups excluding carboxylic acids is 1. The molecule has 0 amide bonds. The zero-order valence-corrected chi connectivity index (χ0v) is 12.4. The monoisotopic (exact) mass is 292 g/mol. The fourth-order valence-corrected chi connectivity index (χ4v) is 2.72. The molecule has 0 N–H and O–H groups in total. The van der Waals surface area contributed by atoms with Crippen LogP contribution in [0.25, 0.3) is 0 Å². The number of piperidine rings is 1. The fourth-order valence-electron chi connectivity index (χ4n) is 2.72. The molecule has 1 aromatic carbocycles. The molecule has 6 nitrogen and oxygen atoms in total. The summed E-state index contributed by atoms with van der Waals surface area (Å²) in [5, 5.41) is 11.0. The number of hydrogen-bond acceptors (Lipinski definition) is 5. The van der Waals surface area contributed by atoms with Crippen LogP contribution in [0.5, 0.6) is 0 Å². The molecule has 0 aliphatic carbocycles. The molecular formula is C15H20N2O4. The summed E-state index contributed by atoms with van der Waals surface area (Å²) < 4.78 is 5.14. The van der Waals surface area contributed by atoms with Gasteiger partial charge in [0.05, 0.1) is 11.5 Å². The molecule has 1 aliphatic heterocycles. The summed E-state index contributed by atoms with van der Waals surface area (Å²) in [6.07, 6.45) is 2.66. The molecule has 0 bridgehead atoms. The zero-order chi connectivity index (χ0) is 15.4. The van der Waals surface area contributed by atoms with Gasteiger partial charge >= 0.3 is 5.97 Å². The lowest BCUT2D eigenvalue weighted by Crippen LogP contribution is -2.46. The van der Waals surface area contributed by atoms with Gasteiger partial charge in [0.15, 0.2) is 0 Å². The number of esters is 1. The number of hydrogen-bond donors (Lipinski definition) is 0. The van der Waals surface area contributed by atoms with Crippen LogP contribution in [0.3, 0.4) is 0 Å². The number of rotatable bonds is 4. The molecule has 1 unspecified atom stereocenters. The standard InChI is InChI=1S/C15H20N2O4/c1-3-21-15(18)13-6-4-5-9-16(13)14-10-12(17(19)20)8-7-11(14)2/h7-8,10,13H,3-6,9H2,1-2H3. The summed E-state index contributed by atoms with van der Waals surface area (Å²) >= 11 is 0. The second-order valence-electron chi connectivity index (χ2n) is 5.18. The van der Waals surface area contributed by atoms with Crippen molar-refractivity contribution in [2.24, 2.45) is 0 Å². The first-order valence-corrected chi connectivity index (χ1v) is 7.23. The highest BCUT2D eigenvalue weighted by molar-refractivity contribution is 5.81. The van der Waals surface area contributed by atoms with E-state index >= 15 is 0 Å². The highest BCUT2D eigenvalue weighted by atomic mass is 16.6. The van der Waals surface area contributed by atoms with E-state index in [1.54, 1.807) is 19.1 Å². The Balaban J connectivity index is 2.34. The second-order valence-corrected chi connectivity index (χ2v) is 5.18. The Morgan fingerprint density at radius 3 is 2.90 bits per heavy atom. The molecule has 1 aliphatic rings. The van der Waals surface area contributed by atoms with Crippen molar-refractivity contribution in [2.45, 2.75) is 39.2 Å². The van der Waals surface area contributed by atoms with E-state index < -0.39 is 4.92 Å². The molecule has 21 heavy (non-hydrogen) atoms. The van der Waals surface area contributed by atoms with Gasteiger partial charge in [0.25, 0.3) is 5.69 Å². The molecule has 0 saturated carbocycles. The Kier molecular flexibility index (Phi) is 4.77. The zero-order valence-electron chi connectivity index (χ0n) is 12.4. The molecule has 0 aromatic heterocycles. The van der Waals surface area contributed by atoms with Crippen molar-refractivity contribution in [1.29, 1.82) is 0 Å². The van der Waals surface area contributed by atoms with E-state index in [-0.39, 0.29) is 17.7 Å². The molecule has 1 saturated heterocycles. The minimum absolute atomic E-state index is 0.0452. The first-order chi connectivity index (χ1) is 10.0. The lowest BCUT2D eigenvalue weighted by molar-refractivity contribution is -0.384. The van der Waals surface area contributed by atoms with Gasteiger partial charge in [-0.05, 0) is 38.7 Å². The molecule has 1 fully saturated rings. The third kappa shape index (κ3) is 3.32. The molecule has 114 valence electrons. The van der Waals surface area contributed by atoms with Gasteiger partial charge in [-0.1, -0.05) is 6.07 Å². The molecule has 6 heteroatoms. The van der Waals surface area contributed by atoms with Crippen LogP contribution in [-0.2, 0) is 9.53 Å². The van der Waals surface area contributed by atoms with Crippen molar-refractivity contribution in [3.8, 4) is 0 Å². The van der Waals surface area contributed by atoms with Gasteiger partial charge in [-0.25, -0.2) is 4.79 Å².